The molecule has 2 aromatic rings. The van der Waals surface area contributed by atoms with Gasteiger partial charge in [0, 0.05) is 3.57 Å². The number of carbonyl (C=O) groups is 1. The fourth-order valence-electron chi connectivity index (χ4n) is 1.72. The van der Waals surface area contributed by atoms with Gasteiger partial charge in [0.25, 0.3) is 10.0 Å². The lowest BCUT2D eigenvalue weighted by Crippen LogP contribution is -2.18. The Kier molecular flexibility index (Phi) is 4.84. The first kappa shape index (κ1) is 15.8. The van der Waals surface area contributed by atoms with Gasteiger partial charge in [-0.15, -0.1) is 0 Å². The highest BCUT2D eigenvalue weighted by Gasteiger charge is 2.23. The van der Waals surface area contributed by atoms with E-state index in [1.54, 1.807) is 30.3 Å². The quantitative estimate of drug-likeness (QED) is 0.614. The number of nitrogens with one attached hydrogen (secondary N) is 1. The molecule has 0 atom stereocenters. The molecule has 2 aromatic carbocycles. The second-order valence-corrected chi connectivity index (χ2v) is 6.89. The molecule has 0 aliphatic heterocycles. The van der Waals surface area contributed by atoms with Crippen LogP contribution in [0.25, 0.3) is 0 Å². The van der Waals surface area contributed by atoms with E-state index in [1.165, 1.54) is 19.2 Å². The maximum absolute atomic E-state index is 12.5. The van der Waals surface area contributed by atoms with Crippen molar-refractivity contribution >= 4 is 44.3 Å². The summed E-state index contributed by atoms with van der Waals surface area (Å²) in [5.41, 5.74) is 0.455. The van der Waals surface area contributed by atoms with E-state index in [0.717, 1.165) is 3.57 Å². The highest BCUT2D eigenvalue weighted by atomic mass is 127. The molecule has 0 bridgehead atoms. The lowest BCUT2D eigenvalue weighted by Gasteiger charge is -2.12. The van der Waals surface area contributed by atoms with Gasteiger partial charge >= 0.3 is 5.97 Å². The summed E-state index contributed by atoms with van der Waals surface area (Å²) < 4.78 is 32.8. The van der Waals surface area contributed by atoms with E-state index in [2.05, 4.69) is 9.46 Å². The smallest absolute Gasteiger partial charge is 0.339 e. The summed E-state index contributed by atoms with van der Waals surface area (Å²) in [6.07, 6.45) is 0. The van der Waals surface area contributed by atoms with Gasteiger partial charge in [0.15, 0.2) is 0 Å². The number of para-hydroxylation sites is 1. The Hall–Kier alpha value is -1.61. The largest absolute Gasteiger partial charge is 0.465 e. The third-order valence-electron chi connectivity index (χ3n) is 2.70. The zero-order chi connectivity index (χ0) is 15.5. The van der Waals surface area contributed by atoms with Crippen LogP contribution in [0.2, 0.25) is 0 Å². The topological polar surface area (TPSA) is 72.5 Å². The Morgan fingerprint density at radius 3 is 2.38 bits per heavy atom. The van der Waals surface area contributed by atoms with Gasteiger partial charge in [-0.2, -0.15) is 0 Å². The molecule has 110 valence electrons. The van der Waals surface area contributed by atoms with Gasteiger partial charge in [-0.05, 0) is 46.9 Å². The Morgan fingerprint density at radius 1 is 1.10 bits per heavy atom. The van der Waals surface area contributed by atoms with Gasteiger partial charge in [0.1, 0.15) is 4.90 Å². The molecule has 0 aliphatic rings. The monoisotopic (exact) mass is 417 g/mol. The van der Waals surface area contributed by atoms with Crippen LogP contribution >= 0.6 is 22.6 Å². The molecule has 1 N–H and O–H groups in total. The molecule has 0 spiro atoms. The number of anilines is 1. The van der Waals surface area contributed by atoms with Gasteiger partial charge < -0.3 is 4.74 Å². The second-order valence-electron chi connectivity index (χ2n) is 4.07. The number of ether oxygens (including phenoxy) is 1. The Labute approximate surface area is 136 Å². The molecule has 5 nitrogen and oxygen atoms in total. The van der Waals surface area contributed by atoms with Crippen LogP contribution < -0.4 is 4.72 Å². The van der Waals surface area contributed by atoms with E-state index in [0.29, 0.717) is 5.69 Å². The van der Waals surface area contributed by atoms with Crippen molar-refractivity contribution in [2.24, 2.45) is 0 Å². The van der Waals surface area contributed by atoms with Gasteiger partial charge in [0.05, 0.1) is 18.4 Å². The van der Waals surface area contributed by atoms with Crippen molar-refractivity contribution in [2.75, 3.05) is 11.8 Å². The zero-order valence-electron chi connectivity index (χ0n) is 11.0. The molecule has 0 unspecified atom stereocenters. The Balaban J connectivity index is 2.46. The number of rotatable bonds is 4. The highest BCUT2D eigenvalue weighted by molar-refractivity contribution is 14.1. The van der Waals surface area contributed by atoms with E-state index < -0.39 is 16.0 Å². The lowest BCUT2D eigenvalue weighted by atomic mass is 10.2. The molecule has 0 aromatic heterocycles. The Morgan fingerprint density at radius 2 is 1.71 bits per heavy atom. The zero-order valence-corrected chi connectivity index (χ0v) is 14.0. The summed E-state index contributed by atoms with van der Waals surface area (Å²) in [7, 11) is -2.67. The SMILES string of the molecule is COC(=O)c1ccccc1S(=O)(=O)Nc1ccccc1I. The minimum absolute atomic E-state index is 0.00145. The Bertz CT molecular complexity index is 774. The molecular formula is C14H12INO4S. The normalized spacial score (nSPS) is 11.0. The van der Waals surface area contributed by atoms with E-state index in [1.807, 2.05) is 28.7 Å². The molecule has 0 heterocycles. The first-order valence-corrected chi connectivity index (χ1v) is 8.46. The third-order valence-corrected chi connectivity index (χ3v) is 5.06. The van der Waals surface area contributed by atoms with E-state index >= 15 is 0 Å². The molecule has 0 saturated heterocycles. The number of hydrogen-bond acceptors (Lipinski definition) is 4. The van der Waals surface area contributed by atoms with Crippen LogP contribution in [0.5, 0.6) is 0 Å². The fraction of sp³-hybridized carbons (Fsp3) is 0.0714. The molecule has 0 amide bonds. The van der Waals surface area contributed by atoms with Gasteiger partial charge in [0.2, 0.25) is 0 Å². The minimum atomic E-state index is -3.88. The summed E-state index contributed by atoms with van der Waals surface area (Å²) >= 11 is 2.03. The first-order chi connectivity index (χ1) is 9.95. The summed E-state index contributed by atoms with van der Waals surface area (Å²) in [5, 5.41) is 0. The average molecular weight is 417 g/mol. The van der Waals surface area contributed by atoms with Crippen molar-refractivity contribution in [1.82, 2.24) is 0 Å². The number of esters is 1. The van der Waals surface area contributed by atoms with Crippen molar-refractivity contribution in [3.05, 3.63) is 57.7 Å². The molecule has 0 radical (unpaired) electrons. The highest BCUT2D eigenvalue weighted by Crippen LogP contribution is 2.23. The second kappa shape index (κ2) is 6.44. The number of halogens is 1. The molecule has 7 heteroatoms. The maximum atomic E-state index is 12.5. The molecule has 2 rings (SSSR count). The van der Waals surface area contributed by atoms with Crippen LogP contribution in [0, 0.1) is 3.57 Å². The first-order valence-electron chi connectivity index (χ1n) is 5.90. The third kappa shape index (κ3) is 3.53. The molecule has 21 heavy (non-hydrogen) atoms. The number of sulfonamides is 1. The van der Waals surface area contributed by atoms with E-state index in [9.17, 15) is 13.2 Å². The van der Waals surface area contributed by atoms with Gasteiger partial charge in [-0.25, -0.2) is 13.2 Å². The number of benzene rings is 2. The van der Waals surface area contributed by atoms with E-state index in [4.69, 9.17) is 0 Å². The standard InChI is InChI=1S/C14H12INO4S/c1-20-14(17)10-6-2-5-9-13(10)21(18,19)16-12-8-4-3-7-11(12)15/h2-9,16H,1H3. The molecule has 0 aliphatic carbocycles. The number of methoxy groups -OCH3 is 1. The van der Waals surface area contributed by atoms with Crippen LogP contribution in [0.15, 0.2) is 53.4 Å². The summed E-state index contributed by atoms with van der Waals surface area (Å²) in [4.78, 5) is 11.6. The summed E-state index contributed by atoms with van der Waals surface area (Å²) in [6, 6.07) is 12.9. The van der Waals surface area contributed by atoms with Crippen LogP contribution in [-0.4, -0.2) is 21.5 Å². The van der Waals surface area contributed by atoms with Gasteiger partial charge in [-0.1, -0.05) is 24.3 Å². The van der Waals surface area contributed by atoms with Crippen molar-refractivity contribution < 1.29 is 17.9 Å². The molecular weight excluding hydrogens is 405 g/mol. The van der Waals surface area contributed by atoms with Crippen molar-refractivity contribution in [3.8, 4) is 0 Å². The summed E-state index contributed by atoms with van der Waals surface area (Å²) in [5.74, 6) is -0.696. The van der Waals surface area contributed by atoms with Crippen molar-refractivity contribution in [1.29, 1.82) is 0 Å². The molecule has 0 fully saturated rings. The maximum Gasteiger partial charge on any atom is 0.339 e. The van der Waals surface area contributed by atoms with Crippen LogP contribution in [0.3, 0.4) is 0 Å². The minimum Gasteiger partial charge on any atom is -0.465 e. The number of carbonyl (C=O) groups excluding carboxylic acids is 1. The van der Waals surface area contributed by atoms with Crippen molar-refractivity contribution in [2.45, 2.75) is 4.90 Å². The fourth-order valence-corrected chi connectivity index (χ4v) is 3.70. The predicted octanol–water partition coefficient (Wildman–Crippen LogP) is 2.88. The number of hydrogen-bond donors (Lipinski definition) is 1. The summed E-state index contributed by atoms with van der Waals surface area (Å²) in [6.45, 7) is 0. The molecule has 0 saturated carbocycles. The average Bonchev–Trinajstić information content (AvgIpc) is 2.48. The van der Waals surface area contributed by atoms with Crippen LogP contribution in [-0.2, 0) is 14.8 Å². The van der Waals surface area contributed by atoms with Gasteiger partial charge in [-0.3, -0.25) is 4.72 Å². The van der Waals surface area contributed by atoms with Crippen molar-refractivity contribution in [3.63, 3.8) is 0 Å². The van der Waals surface area contributed by atoms with E-state index in [-0.39, 0.29) is 10.5 Å². The van der Waals surface area contributed by atoms with Crippen LogP contribution in [0.1, 0.15) is 10.4 Å². The lowest BCUT2D eigenvalue weighted by molar-refractivity contribution is 0.0596. The predicted molar refractivity (Wildman–Crippen MR) is 87.7 cm³/mol. The van der Waals surface area contributed by atoms with Crippen LogP contribution in [0.4, 0.5) is 5.69 Å².